The van der Waals surface area contributed by atoms with Gasteiger partial charge in [-0.25, -0.2) is 4.79 Å². The summed E-state index contributed by atoms with van der Waals surface area (Å²) in [6, 6.07) is 8.85. The van der Waals surface area contributed by atoms with Gasteiger partial charge in [-0.05, 0) is 67.8 Å². The second-order valence-electron chi connectivity index (χ2n) is 11.2. The van der Waals surface area contributed by atoms with Gasteiger partial charge in [0.05, 0.1) is 28.1 Å². The van der Waals surface area contributed by atoms with Crippen molar-refractivity contribution in [1.29, 1.82) is 0 Å². The van der Waals surface area contributed by atoms with Gasteiger partial charge in [-0.1, -0.05) is 35.1 Å². The number of carbonyl (C=O) groups excluding carboxylic acids is 1. The zero-order valence-electron chi connectivity index (χ0n) is 23.4. The van der Waals surface area contributed by atoms with Crippen LogP contribution in [0.15, 0.2) is 46.6 Å². The highest BCUT2D eigenvalue weighted by molar-refractivity contribution is 7.17. The Kier molecular flexibility index (Phi) is 7.97. The molecular weight excluding hydrogens is 591 g/mol. The summed E-state index contributed by atoms with van der Waals surface area (Å²) in [5, 5.41) is 20.7. The van der Waals surface area contributed by atoms with Crippen LogP contribution in [0.3, 0.4) is 0 Å². The van der Waals surface area contributed by atoms with Crippen molar-refractivity contribution < 1.29 is 27.8 Å². The van der Waals surface area contributed by atoms with Crippen molar-refractivity contribution in [2.45, 2.75) is 51.4 Å². The molecule has 3 aromatic rings. The maximum absolute atomic E-state index is 14.0. The standard InChI is InChI=1S/C29H29ClF3N5O3S/c1-28(2,3)41-27(40)38-10-9-20(15-38)37(4)26-35-25(39)24(42-26)21(16-6-8-23-18(11-16)14-34-36-23)12-17-5-7-19(30)13-22(17)29(31,32)33/h5-8,11,13-14,20,39H,9-10,12,15H2,1-4H3. The van der Waals surface area contributed by atoms with Crippen molar-refractivity contribution in [2.75, 3.05) is 25.0 Å². The van der Waals surface area contributed by atoms with Gasteiger partial charge in [0.25, 0.3) is 0 Å². The molecule has 0 aliphatic carbocycles. The van der Waals surface area contributed by atoms with Gasteiger partial charge in [0.15, 0.2) is 5.13 Å². The van der Waals surface area contributed by atoms with Gasteiger partial charge in [-0.3, -0.25) is 0 Å². The number of carbonyl (C=O) groups is 1. The normalized spacial score (nSPS) is 17.2. The van der Waals surface area contributed by atoms with E-state index >= 15 is 0 Å². The molecule has 13 heteroatoms. The molecule has 3 heterocycles. The fourth-order valence-electron chi connectivity index (χ4n) is 4.92. The van der Waals surface area contributed by atoms with E-state index in [1.54, 1.807) is 29.3 Å². The average Bonchev–Trinajstić information content (AvgIpc) is 3.65. The number of alkyl halides is 3. The zero-order valence-corrected chi connectivity index (χ0v) is 24.9. The Balaban J connectivity index is 1.52. The minimum Gasteiger partial charge on any atom is -0.492 e. The van der Waals surface area contributed by atoms with Crippen molar-refractivity contribution in [3.8, 4) is 5.88 Å². The number of amides is 1. The van der Waals surface area contributed by atoms with Crippen LogP contribution in [0.2, 0.25) is 5.02 Å². The van der Waals surface area contributed by atoms with E-state index < -0.39 is 23.4 Å². The number of hydrogen-bond donors (Lipinski definition) is 1. The third-order valence-corrected chi connectivity index (χ3v) is 8.45. The fourth-order valence-corrected chi connectivity index (χ4v) is 6.15. The number of halogens is 4. The molecule has 1 aromatic heterocycles. The van der Waals surface area contributed by atoms with Crippen LogP contribution in [0.5, 0.6) is 5.88 Å². The first-order valence-corrected chi connectivity index (χ1v) is 14.4. The van der Waals surface area contributed by atoms with E-state index in [0.717, 1.165) is 6.07 Å². The molecule has 222 valence electrons. The maximum atomic E-state index is 14.0. The summed E-state index contributed by atoms with van der Waals surface area (Å²) < 4.78 is 47.5. The largest absolute Gasteiger partial charge is 0.492 e. The lowest BCUT2D eigenvalue weighted by atomic mass is 9.96. The average molecular weight is 620 g/mol. The minimum absolute atomic E-state index is 0.00672. The number of ether oxygens (including phenoxy) is 1. The number of nitrogens with zero attached hydrogens (tertiary/aromatic N) is 5. The monoisotopic (exact) mass is 619 g/mol. The number of benzene rings is 2. The highest BCUT2D eigenvalue weighted by Crippen LogP contribution is 2.40. The van der Waals surface area contributed by atoms with Gasteiger partial charge >= 0.3 is 12.3 Å². The van der Waals surface area contributed by atoms with E-state index in [1.165, 1.54) is 23.5 Å². The summed E-state index contributed by atoms with van der Waals surface area (Å²) >= 11 is 7.10. The van der Waals surface area contributed by atoms with Gasteiger partial charge in [0, 0.05) is 37.1 Å². The summed E-state index contributed by atoms with van der Waals surface area (Å²) in [7, 11) is 1.82. The van der Waals surface area contributed by atoms with Crippen LogP contribution >= 0.6 is 22.9 Å². The second-order valence-corrected chi connectivity index (χ2v) is 12.6. The minimum atomic E-state index is -4.63. The SMILES string of the molecule is CN(c1nc(O)c(C(Cc2ccc(Cl)cc2C(F)(F)F)=c2ccc3c(c2)C=NN=3)s1)C1CCN(C(=O)OC(C)(C)C)C1. The lowest BCUT2D eigenvalue weighted by molar-refractivity contribution is -0.138. The predicted octanol–water partition coefficient (Wildman–Crippen LogP) is 5.38. The lowest BCUT2D eigenvalue weighted by Gasteiger charge is -2.26. The summed E-state index contributed by atoms with van der Waals surface area (Å²) in [4.78, 5) is 20.8. The van der Waals surface area contributed by atoms with E-state index in [0.29, 0.717) is 51.2 Å². The number of likely N-dealkylation sites (tertiary alicyclic amines) is 1. The van der Waals surface area contributed by atoms with Crippen molar-refractivity contribution in [3.05, 3.63) is 73.6 Å². The number of aromatic hydroxyl groups is 1. The number of rotatable bonds is 5. The van der Waals surface area contributed by atoms with Crippen LogP contribution in [-0.2, 0) is 17.3 Å². The van der Waals surface area contributed by atoms with E-state index in [4.69, 9.17) is 16.3 Å². The number of aromatic nitrogens is 1. The molecule has 2 aliphatic heterocycles. The lowest BCUT2D eigenvalue weighted by Crippen LogP contribution is -2.39. The molecule has 8 nitrogen and oxygen atoms in total. The number of fused-ring (bicyclic) bond motifs is 1. The first kappa shape index (κ1) is 29.8. The number of hydrogen-bond acceptors (Lipinski definition) is 8. The van der Waals surface area contributed by atoms with E-state index in [1.807, 2.05) is 32.7 Å². The van der Waals surface area contributed by atoms with Crippen molar-refractivity contribution >= 4 is 46.0 Å². The molecule has 2 aromatic carbocycles. The van der Waals surface area contributed by atoms with E-state index in [-0.39, 0.29) is 28.9 Å². The number of likely N-dealkylation sites (N-methyl/N-ethyl adjacent to an activating group) is 1. The Labute approximate surface area is 249 Å². The highest BCUT2D eigenvalue weighted by atomic mass is 35.5. The van der Waals surface area contributed by atoms with E-state index in [2.05, 4.69) is 15.2 Å². The maximum Gasteiger partial charge on any atom is 0.416 e. The molecule has 0 saturated carbocycles. The Morgan fingerprint density at radius 2 is 1.98 bits per heavy atom. The van der Waals surface area contributed by atoms with Crippen LogP contribution in [0.25, 0.3) is 5.57 Å². The molecule has 0 bridgehead atoms. The highest BCUT2D eigenvalue weighted by Gasteiger charge is 2.35. The third-order valence-electron chi connectivity index (χ3n) is 7.02. The molecule has 1 unspecified atom stereocenters. The summed E-state index contributed by atoms with van der Waals surface area (Å²) in [5.74, 6) is -0.291. The molecule has 1 atom stereocenters. The van der Waals surface area contributed by atoms with Gasteiger partial charge < -0.3 is 19.6 Å². The van der Waals surface area contributed by atoms with Crippen LogP contribution in [0.1, 0.15) is 48.8 Å². The predicted molar refractivity (Wildman–Crippen MR) is 156 cm³/mol. The fraction of sp³-hybridized carbons (Fsp3) is 0.379. The molecule has 5 rings (SSSR count). The Morgan fingerprint density at radius 1 is 1.21 bits per heavy atom. The van der Waals surface area contributed by atoms with Gasteiger partial charge in [0.2, 0.25) is 5.88 Å². The molecule has 2 aliphatic rings. The first-order valence-electron chi connectivity index (χ1n) is 13.2. The summed E-state index contributed by atoms with van der Waals surface area (Å²) in [6.45, 7) is 6.34. The Morgan fingerprint density at radius 3 is 2.69 bits per heavy atom. The molecule has 1 fully saturated rings. The van der Waals surface area contributed by atoms with Crippen LogP contribution in [0.4, 0.5) is 23.1 Å². The van der Waals surface area contributed by atoms with Crippen LogP contribution < -0.4 is 15.5 Å². The summed E-state index contributed by atoms with van der Waals surface area (Å²) in [5.41, 5.74) is -0.280. The van der Waals surface area contributed by atoms with Crippen molar-refractivity contribution in [3.63, 3.8) is 0 Å². The quantitative estimate of drug-likeness (QED) is 0.414. The summed E-state index contributed by atoms with van der Waals surface area (Å²) in [6.07, 6.45) is -2.93. The zero-order chi connectivity index (χ0) is 30.4. The first-order chi connectivity index (χ1) is 19.7. The number of thiazole rings is 1. The molecule has 1 N–H and O–H groups in total. The third kappa shape index (κ3) is 6.39. The van der Waals surface area contributed by atoms with Gasteiger partial charge in [-0.15, -0.1) is 0 Å². The molecule has 42 heavy (non-hydrogen) atoms. The van der Waals surface area contributed by atoms with Crippen LogP contribution in [0, 0.1) is 0 Å². The Bertz CT molecular complexity index is 1680. The number of anilines is 1. The Hall–Kier alpha value is -3.64. The van der Waals surface area contributed by atoms with Crippen LogP contribution in [-0.4, -0.2) is 59.1 Å². The molecular formula is C29H29ClF3N5O3S. The molecule has 0 spiro atoms. The molecule has 1 amide bonds. The molecule has 1 saturated heterocycles. The topological polar surface area (TPSA) is 90.6 Å². The van der Waals surface area contributed by atoms with Gasteiger partial charge in [-0.2, -0.15) is 28.4 Å². The van der Waals surface area contributed by atoms with Crippen molar-refractivity contribution in [1.82, 2.24) is 9.88 Å². The van der Waals surface area contributed by atoms with E-state index in [9.17, 15) is 23.1 Å². The van der Waals surface area contributed by atoms with Gasteiger partial charge in [0.1, 0.15) is 5.60 Å². The smallest absolute Gasteiger partial charge is 0.416 e. The van der Waals surface area contributed by atoms with Crippen molar-refractivity contribution in [2.24, 2.45) is 10.2 Å². The molecule has 0 radical (unpaired) electrons. The second kappa shape index (κ2) is 11.2.